The summed E-state index contributed by atoms with van der Waals surface area (Å²) in [6.45, 7) is -0.461. The van der Waals surface area contributed by atoms with Crippen LogP contribution in [0.3, 0.4) is 0 Å². The van der Waals surface area contributed by atoms with Gasteiger partial charge in [0.15, 0.2) is 18.1 Å². The van der Waals surface area contributed by atoms with E-state index in [0.717, 1.165) is 18.2 Å². The number of anilines is 1. The molecule has 0 saturated heterocycles. The number of methoxy groups -OCH3 is 1. The zero-order chi connectivity index (χ0) is 20.7. The highest BCUT2D eigenvalue weighted by molar-refractivity contribution is 5.92. The molecule has 1 amide bonds. The van der Waals surface area contributed by atoms with Crippen LogP contribution in [-0.2, 0) is 15.8 Å². The van der Waals surface area contributed by atoms with E-state index in [9.17, 15) is 22.8 Å². The molecule has 0 unspecified atom stereocenters. The molecule has 0 aliphatic heterocycles. The van der Waals surface area contributed by atoms with Gasteiger partial charge in [0.1, 0.15) is 0 Å². The number of hydrogen-bond acceptors (Lipinski definition) is 4. The monoisotopic (exact) mass is 395 g/mol. The van der Waals surface area contributed by atoms with Gasteiger partial charge in [-0.05, 0) is 42.0 Å². The van der Waals surface area contributed by atoms with E-state index in [0.29, 0.717) is 5.56 Å². The average molecular weight is 395 g/mol. The van der Waals surface area contributed by atoms with Crippen LogP contribution in [0.2, 0.25) is 0 Å². The first kappa shape index (κ1) is 20.8. The summed E-state index contributed by atoms with van der Waals surface area (Å²) >= 11 is 0. The summed E-state index contributed by atoms with van der Waals surface area (Å²) in [7, 11) is 1.37. The van der Waals surface area contributed by atoms with Gasteiger partial charge in [-0.2, -0.15) is 13.2 Å². The molecule has 0 radical (unpaired) electrons. The van der Waals surface area contributed by atoms with Crippen molar-refractivity contribution in [2.45, 2.75) is 6.18 Å². The molecule has 0 aromatic heterocycles. The smallest absolute Gasteiger partial charge is 0.416 e. The molecule has 0 aliphatic rings. The molecular weight excluding hydrogens is 379 g/mol. The second-order valence-corrected chi connectivity index (χ2v) is 5.50. The SMILES string of the molecule is COc1cc(C=CC(=O)O)ccc1OCC(=O)Nc1cccc(C(F)(F)F)c1. The van der Waals surface area contributed by atoms with Gasteiger partial charge in [0.2, 0.25) is 0 Å². The molecule has 6 nitrogen and oxygen atoms in total. The number of halogens is 3. The number of nitrogens with one attached hydrogen (secondary N) is 1. The highest BCUT2D eigenvalue weighted by atomic mass is 19.4. The van der Waals surface area contributed by atoms with Crippen molar-refractivity contribution < 1.29 is 37.3 Å². The number of aliphatic carboxylic acids is 1. The number of carboxylic acids is 1. The van der Waals surface area contributed by atoms with Crippen LogP contribution in [-0.4, -0.2) is 30.7 Å². The second kappa shape index (κ2) is 8.94. The Kier molecular flexibility index (Phi) is 6.64. The number of carboxylic acid groups (broad SMARTS) is 1. The fraction of sp³-hybridized carbons (Fsp3) is 0.158. The number of amides is 1. The Morgan fingerprint density at radius 3 is 2.54 bits per heavy atom. The van der Waals surface area contributed by atoms with E-state index < -0.39 is 30.2 Å². The van der Waals surface area contributed by atoms with Gasteiger partial charge < -0.3 is 19.9 Å². The molecule has 2 rings (SSSR count). The van der Waals surface area contributed by atoms with Crippen LogP contribution in [0.4, 0.5) is 18.9 Å². The number of carbonyl (C=O) groups excluding carboxylic acids is 1. The predicted molar refractivity (Wildman–Crippen MR) is 95.2 cm³/mol. The first-order valence-electron chi connectivity index (χ1n) is 7.88. The molecule has 2 aromatic rings. The predicted octanol–water partition coefficient (Wildman–Crippen LogP) is 3.83. The maximum atomic E-state index is 12.7. The van der Waals surface area contributed by atoms with Crippen molar-refractivity contribution in [2.24, 2.45) is 0 Å². The van der Waals surface area contributed by atoms with Gasteiger partial charge >= 0.3 is 12.1 Å². The topological polar surface area (TPSA) is 84.9 Å². The van der Waals surface area contributed by atoms with E-state index in [1.807, 2.05) is 0 Å². The molecule has 148 valence electrons. The lowest BCUT2D eigenvalue weighted by Crippen LogP contribution is -2.20. The number of alkyl halides is 3. The van der Waals surface area contributed by atoms with Crippen LogP contribution in [0.15, 0.2) is 48.5 Å². The third kappa shape index (κ3) is 6.04. The van der Waals surface area contributed by atoms with Crippen LogP contribution >= 0.6 is 0 Å². The lowest BCUT2D eigenvalue weighted by Gasteiger charge is -2.12. The van der Waals surface area contributed by atoms with Gasteiger partial charge in [0, 0.05) is 11.8 Å². The lowest BCUT2D eigenvalue weighted by molar-refractivity contribution is -0.137. The third-order valence-corrected chi connectivity index (χ3v) is 3.44. The Labute approximate surface area is 158 Å². The summed E-state index contributed by atoms with van der Waals surface area (Å²) in [6, 6.07) is 8.79. The molecule has 2 aromatic carbocycles. The zero-order valence-corrected chi connectivity index (χ0v) is 14.6. The maximum absolute atomic E-state index is 12.7. The molecule has 0 bridgehead atoms. The van der Waals surface area contributed by atoms with Crippen molar-refractivity contribution in [3.8, 4) is 11.5 Å². The molecule has 0 aliphatic carbocycles. The summed E-state index contributed by atoms with van der Waals surface area (Å²) in [4.78, 5) is 22.5. The van der Waals surface area contributed by atoms with Gasteiger partial charge in [0.05, 0.1) is 12.7 Å². The fourth-order valence-electron chi connectivity index (χ4n) is 2.19. The van der Waals surface area contributed by atoms with Gasteiger partial charge in [-0.15, -0.1) is 0 Å². The maximum Gasteiger partial charge on any atom is 0.416 e. The van der Waals surface area contributed by atoms with Gasteiger partial charge in [-0.1, -0.05) is 12.1 Å². The van der Waals surface area contributed by atoms with Crippen molar-refractivity contribution in [3.05, 3.63) is 59.7 Å². The first-order valence-corrected chi connectivity index (χ1v) is 7.88. The highest BCUT2D eigenvalue weighted by Gasteiger charge is 2.30. The van der Waals surface area contributed by atoms with E-state index in [1.54, 1.807) is 6.07 Å². The molecule has 0 fully saturated rings. The molecule has 0 heterocycles. The van der Waals surface area contributed by atoms with E-state index in [1.165, 1.54) is 37.5 Å². The van der Waals surface area contributed by atoms with E-state index in [2.05, 4.69) is 5.32 Å². The molecule has 0 saturated carbocycles. The van der Waals surface area contributed by atoms with Crippen molar-refractivity contribution in [3.63, 3.8) is 0 Å². The van der Waals surface area contributed by atoms with Crippen LogP contribution in [0.5, 0.6) is 11.5 Å². The largest absolute Gasteiger partial charge is 0.493 e. The number of carbonyl (C=O) groups is 2. The summed E-state index contributed by atoms with van der Waals surface area (Å²) in [5.41, 5.74) is -0.345. The summed E-state index contributed by atoms with van der Waals surface area (Å²) in [5.74, 6) is -1.28. The van der Waals surface area contributed by atoms with Crippen LogP contribution in [0.25, 0.3) is 6.08 Å². The molecule has 2 N–H and O–H groups in total. The van der Waals surface area contributed by atoms with E-state index in [-0.39, 0.29) is 17.2 Å². The fourth-order valence-corrected chi connectivity index (χ4v) is 2.19. The highest BCUT2D eigenvalue weighted by Crippen LogP contribution is 2.31. The number of benzene rings is 2. The Hall–Kier alpha value is -3.49. The number of hydrogen-bond donors (Lipinski definition) is 2. The minimum Gasteiger partial charge on any atom is -0.493 e. The second-order valence-electron chi connectivity index (χ2n) is 5.50. The van der Waals surface area contributed by atoms with Crippen LogP contribution in [0.1, 0.15) is 11.1 Å². The van der Waals surface area contributed by atoms with Crippen LogP contribution < -0.4 is 14.8 Å². The van der Waals surface area contributed by atoms with Gasteiger partial charge in [-0.25, -0.2) is 4.79 Å². The molecular formula is C19H16F3NO5. The van der Waals surface area contributed by atoms with E-state index >= 15 is 0 Å². The van der Waals surface area contributed by atoms with Crippen molar-refractivity contribution >= 4 is 23.6 Å². The zero-order valence-electron chi connectivity index (χ0n) is 14.6. The Morgan fingerprint density at radius 1 is 1.14 bits per heavy atom. The van der Waals surface area contributed by atoms with E-state index in [4.69, 9.17) is 14.6 Å². The van der Waals surface area contributed by atoms with Crippen molar-refractivity contribution in [1.29, 1.82) is 0 Å². The molecule has 0 spiro atoms. The summed E-state index contributed by atoms with van der Waals surface area (Å²) < 4.78 is 48.6. The standard InChI is InChI=1S/C19H16F3NO5/c1-27-16-9-12(6-8-18(25)26)5-7-15(16)28-11-17(24)23-14-4-2-3-13(10-14)19(20,21)22/h2-10H,11H2,1H3,(H,23,24)(H,25,26). The Bertz CT molecular complexity index is 893. The van der Waals surface area contributed by atoms with Gasteiger partial charge in [0.25, 0.3) is 5.91 Å². The first-order chi connectivity index (χ1) is 13.2. The normalized spacial score (nSPS) is 11.3. The molecule has 9 heteroatoms. The quantitative estimate of drug-likeness (QED) is 0.696. The molecule has 0 atom stereocenters. The van der Waals surface area contributed by atoms with Crippen molar-refractivity contribution in [1.82, 2.24) is 0 Å². The minimum atomic E-state index is -4.51. The van der Waals surface area contributed by atoms with Gasteiger partial charge in [-0.3, -0.25) is 4.79 Å². The number of ether oxygens (including phenoxy) is 2. The molecule has 28 heavy (non-hydrogen) atoms. The lowest BCUT2D eigenvalue weighted by atomic mass is 10.2. The Morgan fingerprint density at radius 2 is 1.89 bits per heavy atom. The number of rotatable bonds is 7. The summed E-state index contributed by atoms with van der Waals surface area (Å²) in [5, 5.41) is 11.0. The minimum absolute atomic E-state index is 0.00968. The average Bonchev–Trinajstić information content (AvgIpc) is 2.64. The Balaban J connectivity index is 2.02. The van der Waals surface area contributed by atoms with Crippen molar-refractivity contribution in [2.75, 3.05) is 19.0 Å². The van der Waals surface area contributed by atoms with Crippen LogP contribution in [0, 0.1) is 0 Å². The third-order valence-electron chi connectivity index (χ3n) is 3.44. The summed E-state index contributed by atoms with van der Waals surface area (Å²) in [6.07, 6.45) is -2.20.